The lowest BCUT2D eigenvalue weighted by atomic mass is 10.00. The average Bonchev–Trinajstić information content (AvgIpc) is 2.88. The molecule has 1 amide bonds. The van der Waals surface area contributed by atoms with Crippen LogP contribution < -0.4 is 33.0 Å². The molecule has 0 saturated heterocycles. The molecule has 206 valence electrons. The molecule has 1 aromatic heterocycles. The smallest absolute Gasteiger partial charge is 0.399 e. The van der Waals surface area contributed by atoms with Gasteiger partial charge in [0.2, 0.25) is 5.91 Å². The maximum absolute atomic E-state index is 13.6. The number of fused-ring (bicyclic) bond motifs is 1. The number of nitrogens with zero attached hydrogens (tertiary/aromatic N) is 1. The van der Waals surface area contributed by atoms with E-state index in [4.69, 9.17) is 16.9 Å². The zero-order valence-corrected chi connectivity index (χ0v) is 21.4. The van der Waals surface area contributed by atoms with Crippen LogP contribution in [0, 0.1) is 11.3 Å². The first-order chi connectivity index (χ1) is 18.3. The molecule has 1 atom stereocenters. The largest absolute Gasteiger partial charge is 0.416 e. The fourth-order valence-corrected chi connectivity index (χ4v) is 4.35. The van der Waals surface area contributed by atoms with Crippen molar-refractivity contribution in [3.05, 3.63) is 75.6 Å². The Bertz CT molecular complexity index is 1460. The number of hydrogen-bond acceptors (Lipinski definition) is 6. The maximum Gasteiger partial charge on any atom is 0.416 e. The highest BCUT2D eigenvalue weighted by atomic mass is 19.4. The van der Waals surface area contributed by atoms with Gasteiger partial charge >= 0.3 is 6.18 Å². The Morgan fingerprint density at radius 1 is 1.18 bits per heavy atom. The average molecular weight is 542 g/mol. The highest BCUT2D eigenvalue weighted by Gasteiger charge is 2.32. The van der Waals surface area contributed by atoms with Crippen molar-refractivity contribution in [2.24, 2.45) is 11.7 Å². The summed E-state index contributed by atoms with van der Waals surface area (Å²) in [4.78, 5) is 26.6. The highest BCUT2D eigenvalue weighted by Crippen LogP contribution is 2.36. The number of benzene rings is 2. The van der Waals surface area contributed by atoms with Gasteiger partial charge in [-0.2, -0.15) is 13.2 Å². The van der Waals surface area contributed by atoms with Crippen molar-refractivity contribution in [2.45, 2.75) is 39.2 Å². The predicted molar refractivity (Wildman–Crippen MR) is 146 cm³/mol. The molecule has 2 heterocycles. The number of amidine groups is 1. The minimum atomic E-state index is -4.65. The molecule has 0 aliphatic carbocycles. The number of anilines is 3. The van der Waals surface area contributed by atoms with E-state index in [2.05, 4.69) is 16.0 Å². The Morgan fingerprint density at radius 3 is 2.49 bits per heavy atom. The lowest BCUT2D eigenvalue weighted by molar-refractivity contribution is -0.137. The first-order valence-corrected chi connectivity index (χ1v) is 12.3. The monoisotopic (exact) mass is 541 g/mol. The summed E-state index contributed by atoms with van der Waals surface area (Å²) in [7, 11) is 0. The maximum atomic E-state index is 13.6. The number of alkyl halides is 3. The highest BCUT2D eigenvalue weighted by molar-refractivity contribution is 5.94. The summed E-state index contributed by atoms with van der Waals surface area (Å²) in [6, 6.07) is 11.3. The number of hydrogen-bond donors (Lipinski definition) is 6. The number of carbonyl (C=O) groups is 1. The van der Waals surface area contributed by atoms with Crippen LogP contribution in [0.3, 0.4) is 0 Å². The van der Waals surface area contributed by atoms with Crippen LogP contribution in [0.25, 0.3) is 11.3 Å². The van der Waals surface area contributed by atoms with Gasteiger partial charge in [0.15, 0.2) is 0 Å². The Balaban J connectivity index is 1.71. The molecule has 8 N–H and O–H groups in total. The van der Waals surface area contributed by atoms with Gasteiger partial charge in [-0.1, -0.05) is 38.1 Å². The molecule has 0 saturated carbocycles. The van der Waals surface area contributed by atoms with Gasteiger partial charge < -0.3 is 27.4 Å². The van der Waals surface area contributed by atoms with E-state index < -0.39 is 29.8 Å². The molecule has 0 bridgehead atoms. The van der Waals surface area contributed by atoms with Gasteiger partial charge in [0.1, 0.15) is 18.1 Å². The number of aromatic nitrogens is 1. The number of halogens is 3. The fraction of sp³-hybridized carbons (Fsp3) is 0.296. The normalized spacial score (nSPS) is 14.8. The van der Waals surface area contributed by atoms with Crippen LogP contribution >= 0.6 is 0 Å². The van der Waals surface area contributed by atoms with Crippen LogP contribution in [0.4, 0.5) is 30.2 Å². The van der Waals surface area contributed by atoms with Crippen LogP contribution in [0.2, 0.25) is 0 Å². The number of pyridine rings is 1. The third-order valence-electron chi connectivity index (χ3n) is 6.58. The number of nitrogens with one attached hydrogen (secondary N) is 4. The number of nitrogens with two attached hydrogens (primary N) is 2. The number of carbonyl (C=O) groups excluding carboxylic acids is 1. The van der Waals surface area contributed by atoms with Crippen LogP contribution in [0.1, 0.15) is 30.5 Å². The molecule has 0 spiro atoms. The Hall–Kier alpha value is -4.48. The Labute approximate surface area is 222 Å². The van der Waals surface area contributed by atoms with E-state index in [1.165, 1.54) is 6.07 Å². The standard InChI is InChI=1S/C27H30F3N7O2/c1-14(2)21-12-34-20-10-22(17-7-18(27(28,29)30)9-19(31)8-17)37(26(39)24(20)36-21)13-23(38)35-11-15-3-5-16(6-4-15)25(32)33/h3-10,14,21,34,36H,11-13,31H2,1-2H3,(H3,32,33)(H,35,38). The van der Waals surface area contributed by atoms with Gasteiger partial charge in [0, 0.05) is 35.9 Å². The minimum absolute atomic E-state index is 0.0551. The lowest BCUT2D eigenvalue weighted by Gasteiger charge is -2.31. The van der Waals surface area contributed by atoms with Crippen LogP contribution in [0.5, 0.6) is 0 Å². The first-order valence-electron chi connectivity index (χ1n) is 12.3. The summed E-state index contributed by atoms with van der Waals surface area (Å²) in [5, 5.41) is 16.6. The van der Waals surface area contributed by atoms with Crippen molar-refractivity contribution >= 4 is 28.8 Å². The van der Waals surface area contributed by atoms with Gasteiger partial charge in [0.25, 0.3) is 5.56 Å². The summed E-state index contributed by atoms with van der Waals surface area (Å²) >= 11 is 0. The molecule has 9 nitrogen and oxygen atoms in total. The second kappa shape index (κ2) is 10.7. The first kappa shape index (κ1) is 27.6. The van der Waals surface area contributed by atoms with E-state index in [1.807, 2.05) is 13.8 Å². The fourth-order valence-electron chi connectivity index (χ4n) is 4.35. The van der Waals surface area contributed by atoms with Crippen molar-refractivity contribution in [1.82, 2.24) is 9.88 Å². The van der Waals surface area contributed by atoms with E-state index in [0.717, 1.165) is 22.3 Å². The molecular weight excluding hydrogens is 511 g/mol. The molecule has 1 aliphatic heterocycles. The quantitative estimate of drug-likeness (QED) is 0.153. The topological polar surface area (TPSA) is 151 Å². The van der Waals surface area contributed by atoms with Gasteiger partial charge in [-0.05, 0) is 35.7 Å². The molecule has 3 aromatic rings. The molecule has 4 rings (SSSR count). The zero-order valence-electron chi connectivity index (χ0n) is 21.4. The lowest BCUT2D eigenvalue weighted by Crippen LogP contribution is -2.42. The molecule has 12 heteroatoms. The summed E-state index contributed by atoms with van der Waals surface area (Å²) in [5.74, 6) is -0.403. The number of amides is 1. The van der Waals surface area contributed by atoms with Crippen molar-refractivity contribution in [2.75, 3.05) is 22.9 Å². The third-order valence-corrected chi connectivity index (χ3v) is 6.58. The van der Waals surface area contributed by atoms with Crippen molar-refractivity contribution < 1.29 is 18.0 Å². The van der Waals surface area contributed by atoms with Gasteiger partial charge in [-0.3, -0.25) is 19.6 Å². The van der Waals surface area contributed by atoms with Gasteiger partial charge in [0.05, 0.1) is 16.9 Å². The zero-order chi connectivity index (χ0) is 28.5. The molecular formula is C27H30F3N7O2. The van der Waals surface area contributed by atoms with E-state index in [1.54, 1.807) is 30.3 Å². The van der Waals surface area contributed by atoms with E-state index in [0.29, 0.717) is 17.8 Å². The molecule has 0 fully saturated rings. The van der Waals surface area contributed by atoms with Crippen molar-refractivity contribution in [3.8, 4) is 11.3 Å². The molecule has 1 aliphatic rings. The number of rotatable bonds is 7. The Kier molecular flexibility index (Phi) is 7.57. The van der Waals surface area contributed by atoms with E-state index in [-0.39, 0.29) is 47.0 Å². The summed E-state index contributed by atoms with van der Waals surface area (Å²) < 4.78 is 41.8. The number of nitrogen functional groups attached to an aromatic ring is 2. The molecule has 39 heavy (non-hydrogen) atoms. The molecule has 0 radical (unpaired) electrons. The second-order valence-corrected chi connectivity index (χ2v) is 9.81. The summed E-state index contributed by atoms with van der Waals surface area (Å²) in [6.45, 7) is 4.22. The second-order valence-electron chi connectivity index (χ2n) is 9.81. The van der Waals surface area contributed by atoms with Gasteiger partial charge in [-0.25, -0.2) is 0 Å². The molecule has 2 aromatic carbocycles. The van der Waals surface area contributed by atoms with E-state index >= 15 is 0 Å². The Morgan fingerprint density at radius 2 is 1.87 bits per heavy atom. The third kappa shape index (κ3) is 6.16. The summed E-state index contributed by atoms with van der Waals surface area (Å²) in [6.07, 6.45) is -4.65. The SMILES string of the molecule is CC(C)C1CNc2cc(-c3cc(N)cc(C(F)(F)F)c3)n(CC(=O)NCc3ccc(C(=N)N)cc3)c(=O)c2N1. The predicted octanol–water partition coefficient (Wildman–Crippen LogP) is 3.58. The van der Waals surface area contributed by atoms with Gasteiger partial charge in [-0.15, -0.1) is 0 Å². The van der Waals surface area contributed by atoms with Crippen molar-refractivity contribution in [3.63, 3.8) is 0 Å². The molecule has 1 unspecified atom stereocenters. The van der Waals surface area contributed by atoms with Crippen LogP contribution in [0.15, 0.2) is 53.3 Å². The van der Waals surface area contributed by atoms with Crippen LogP contribution in [-0.2, 0) is 24.1 Å². The van der Waals surface area contributed by atoms with Crippen LogP contribution in [-0.4, -0.2) is 28.9 Å². The van der Waals surface area contributed by atoms with E-state index in [9.17, 15) is 22.8 Å². The summed E-state index contributed by atoms with van der Waals surface area (Å²) in [5.41, 5.74) is 11.8. The van der Waals surface area contributed by atoms with Crippen molar-refractivity contribution in [1.29, 1.82) is 5.41 Å². The minimum Gasteiger partial charge on any atom is -0.399 e.